The number of aliphatic hydroxyl groups excluding tert-OH is 2. The zero-order chi connectivity index (χ0) is 73.0. The number of unbranched alkanes of at least 4 members (excludes halogenated alkanes) is 1. The number of carboxylic acid groups (broad SMARTS) is 1. The summed E-state index contributed by atoms with van der Waals surface area (Å²) in [7, 11) is 0. The maximum atomic E-state index is 15.0. The number of aliphatic imine (C=N–C) groups is 1. The molecule has 0 radical (unpaired) electrons. The van der Waals surface area contributed by atoms with Gasteiger partial charge >= 0.3 is 5.97 Å². The number of benzene rings is 3. The molecule has 25 N–H and O–H groups in total. The van der Waals surface area contributed by atoms with Crippen molar-refractivity contribution in [2.45, 2.75) is 120 Å². The second-order valence-corrected chi connectivity index (χ2v) is 24.3. The minimum atomic E-state index is -1.82. The Balaban J connectivity index is 1.20. The quantitative estimate of drug-likeness (QED) is 0.00745. The minimum absolute atomic E-state index is 0.00724. The Bertz CT molecular complexity index is 3870. The SMILES string of the molecule is CC(C)[C@H](NC(=O)[C@H](Cc1c[nH]c2ccccc12)NC(=O)[C@H](Cc1c[nH]c2ccccc12)NC(=O)CNC(=O)[C@@H](N)CS)C(=O)N[C@@H](Cc1c[nH]c2ccccc12)C(=O)N[C@@H](CO)C(=O)N[C@@H](CCCN=C(N)N)C(=O)NCC(=O)N[C@@H](CO)C(=O)NCC(=O)N[C@@H](CCCCN)C(=O)O. The average Bonchev–Trinajstić information content (AvgIpc) is 1.61. The molecule has 540 valence electrons. The predicted octanol–water partition coefficient (Wildman–Crippen LogP) is -4.45. The number of carboxylic acids is 1. The molecule has 6 aromatic rings. The van der Waals surface area contributed by atoms with Crippen LogP contribution in [0.1, 0.15) is 62.6 Å². The number of hydrogen-bond acceptors (Lipinski definition) is 18. The number of aromatic nitrogens is 3. The number of amides is 11. The topological polar surface area (TPSA) is 562 Å². The molecule has 0 aliphatic heterocycles. The fourth-order valence-corrected chi connectivity index (χ4v) is 10.8. The van der Waals surface area contributed by atoms with Crippen molar-refractivity contribution in [3.05, 3.63) is 108 Å². The Hall–Kier alpha value is -10.6. The maximum Gasteiger partial charge on any atom is 0.326 e. The normalized spacial score (nSPS) is 13.9. The molecule has 100 heavy (non-hydrogen) atoms. The highest BCUT2D eigenvalue weighted by Gasteiger charge is 2.36. The van der Waals surface area contributed by atoms with Crippen molar-refractivity contribution >= 4 is 122 Å². The molecule has 11 amide bonds. The van der Waals surface area contributed by atoms with E-state index < -0.39 is 164 Å². The number of nitrogens with zero attached hydrogens (tertiary/aromatic N) is 1. The number of hydrogen-bond donors (Lipinski definition) is 22. The largest absolute Gasteiger partial charge is 0.480 e. The Morgan fingerprint density at radius 3 is 1.28 bits per heavy atom. The van der Waals surface area contributed by atoms with Gasteiger partial charge in [-0.1, -0.05) is 68.4 Å². The van der Waals surface area contributed by atoms with Crippen LogP contribution in [0.25, 0.3) is 32.7 Å². The van der Waals surface area contributed by atoms with Crippen LogP contribution < -0.4 is 81.4 Å². The third-order valence-corrected chi connectivity index (χ3v) is 16.5. The molecule has 3 aromatic carbocycles. The van der Waals surface area contributed by atoms with Crippen LogP contribution in [0, 0.1) is 5.92 Å². The van der Waals surface area contributed by atoms with E-state index in [9.17, 15) is 68.1 Å². The van der Waals surface area contributed by atoms with E-state index in [1.807, 2.05) is 30.3 Å². The number of aromatic amines is 3. The molecular weight excluding hydrogens is 1320 g/mol. The van der Waals surface area contributed by atoms with Gasteiger partial charge in [0, 0.05) is 82.9 Å². The zero-order valence-corrected chi connectivity index (χ0v) is 56.1. The number of fused-ring (bicyclic) bond motifs is 3. The molecule has 0 aliphatic carbocycles. The monoisotopic (exact) mass is 1410 g/mol. The van der Waals surface area contributed by atoms with Crippen molar-refractivity contribution in [1.29, 1.82) is 0 Å². The van der Waals surface area contributed by atoms with Gasteiger partial charge < -0.3 is 112 Å². The molecule has 0 saturated carbocycles. The Kier molecular flexibility index (Phi) is 30.6. The summed E-state index contributed by atoms with van der Waals surface area (Å²) in [6, 6.07) is 8.41. The fourth-order valence-electron chi connectivity index (χ4n) is 10.7. The van der Waals surface area contributed by atoms with E-state index in [1.165, 1.54) is 0 Å². The summed E-state index contributed by atoms with van der Waals surface area (Å²) in [6.07, 6.45) is 5.28. The van der Waals surface area contributed by atoms with Gasteiger partial charge in [0.15, 0.2) is 5.96 Å². The summed E-state index contributed by atoms with van der Waals surface area (Å²) in [6.45, 7) is -0.673. The maximum absolute atomic E-state index is 15.0. The molecule has 0 fully saturated rings. The van der Waals surface area contributed by atoms with E-state index in [0.29, 0.717) is 57.9 Å². The first kappa shape index (κ1) is 78.4. The second kappa shape index (κ2) is 39.1. The van der Waals surface area contributed by atoms with Crippen molar-refractivity contribution in [3.8, 4) is 0 Å². The molecule has 0 spiro atoms. The van der Waals surface area contributed by atoms with Crippen LogP contribution in [0.5, 0.6) is 0 Å². The standard InChI is InChI=1S/C65H89N19O15S/c1-34(2)55(84-61(95)49(24-37-27-73-44-17-8-5-14-40(37)44)81-59(93)47(78-53(88)28-74-56(90)41(67)33-100)22-35-25-71-42-15-6-3-12-38(35)42)63(97)82-48(23-36-26-72-43-16-7-4-13-39(36)43)60(94)83-51(32-86)62(96)80-45(19-11-21-70-65(68)69)57(91)75-30-54(89)79-50(31-85)58(92)76-29-52(87)77-46(64(98)99)18-9-10-20-66/h3-8,12-17,25-27,34,41,45-51,55,71-73,85-86,100H,9-11,18-24,28-33,66-67H2,1-2H3,(H,74,90)(H,75,91)(H,76,92)(H,77,87)(H,78,88)(H,79,89)(H,80,96)(H,81,93)(H,82,97)(H,83,94)(H,84,95)(H,98,99)(H4,68,69,70)/t41-,45-,46-,47-,48-,49-,50-,51-,55-/m0/s1. The molecule has 3 aromatic heterocycles. The number of carbonyl (C=O) groups excluding carboxylic acids is 11. The van der Waals surface area contributed by atoms with E-state index in [-0.39, 0.29) is 56.8 Å². The van der Waals surface area contributed by atoms with Crippen LogP contribution in [-0.2, 0) is 76.8 Å². The van der Waals surface area contributed by atoms with Crippen LogP contribution in [0.2, 0.25) is 0 Å². The third kappa shape index (κ3) is 23.6. The molecule has 3 heterocycles. The van der Waals surface area contributed by atoms with Crippen molar-refractivity contribution < 1.29 is 72.9 Å². The van der Waals surface area contributed by atoms with E-state index >= 15 is 4.79 Å². The lowest BCUT2D eigenvalue weighted by atomic mass is 9.98. The van der Waals surface area contributed by atoms with Gasteiger partial charge in [0.2, 0.25) is 65.0 Å². The van der Waals surface area contributed by atoms with Gasteiger partial charge in [0.1, 0.15) is 48.3 Å². The molecule has 35 heteroatoms. The first-order chi connectivity index (χ1) is 47.8. The number of nitrogens with two attached hydrogens (primary N) is 4. The van der Waals surface area contributed by atoms with Crippen LogP contribution in [-0.4, -0.2) is 213 Å². The van der Waals surface area contributed by atoms with Gasteiger partial charge in [-0.15, -0.1) is 0 Å². The predicted molar refractivity (Wildman–Crippen MR) is 372 cm³/mol. The number of para-hydroxylation sites is 3. The van der Waals surface area contributed by atoms with Crippen molar-refractivity contribution in [3.63, 3.8) is 0 Å². The van der Waals surface area contributed by atoms with Gasteiger partial charge in [-0.25, -0.2) is 4.79 Å². The molecule has 0 bridgehead atoms. The molecule has 0 unspecified atom stereocenters. The summed E-state index contributed by atoms with van der Waals surface area (Å²) in [4.78, 5) is 177. The number of nitrogens with one attached hydrogen (secondary N) is 14. The number of H-pyrrole nitrogens is 3. The van der Waals surface area contributed by atoms with Crippen molar-refractivity contribution in [1.82, 2.24) is 73.4 Å². The van der Waals surface area contributed by atoms with Gasteiger partial charge in [-0.2, -0.15) is 12.6 Å². The highest BCUT2D eigenvalue weighted by Crippen LogP contribution is 2.23. The number of rotatable bonds is 41. The molecule has 9 atom stereocenters. The van der Waals surface area contributed by atoms with Crippen molar-refractivity contribution in [2.75, 3.05) is 51.7 Å². The lowest BCUT2D eigenvalue weighted by Crippen LogP contribution is -2.61. The molecular formula is C65H89N19O15S. The summed E-state index contributed by atoms with van der Waals surface area (Å²) >= 11 is 4.05. The highest BCUT2D eigenvalue weighted by atomic mass is 32.1. The van der Waals surface area contributed by atoms with Crippen LogP contribution in [0.15, 0.2) is 96.4 Å². The number of guanidine groups is 1. The second-order valence-electron chi connectivity index (χ2n) is 23.9. The Morgan fingerprint density at radius 1 is 0.470 bits per heavy atom. The summed E-state index contributed by atoms with van der Waals surface area (Å²) in [5.74, 6) is -12.4. The lowest BCUT2D eigenvalue weighted by molar-refractivity contribution is -0.142. The minimum Gasteiger partial charge on any atom is -0.480 e. The van der Waals surface area contributed by atoms with Gasteiger partial charge in [-0.3, -0.25) is 57.7 Å². The van der Waals surface area contributed by atoms with E-state index in [4.69, 9.17) is 22.9 Å². The molecule has 34 nitrogen and oxygen atoms in total. The van der Waals surface area contributed by atoms with Gasteiger partial charge in [0.05, 0.1) is 38.9 Å². The van der Waals surface area contributed by atoms with Gasteiger partial charge in [-0.05, 0) is 79.5 Å². The lowest BCUT2D eigenvalue weighted by Gasteiger charge is -2.29. The fraction of sp³-hybridized carbons (Fsp3) is 0.431. The smallest absolute Gasteiger partial charge is 0.326 e. The number of aliphatic carboxylic acids is 1. The molecule has 0 saturated heterocycles. The molecule has 0 aliphatic rings. The van der Waals surface area contributed by atoms with Crippen LogP contribution in [0.4, 0.5) is 0 Å². The van der Waals surface area contributed by atoms with Gasteiger partial charge in [0.25, 0.3) is 0 Å². The average molecular weight is 1410 g/mol. The summed E-state index contributed by atoms with van der Waals surface area (Å²) in [5, 5.41) is 59.5. The zero-order valence-electron chi connectivity index (χ0n) is 55.2. The first-order valence-corrected chi connectivity index (χ1v) is 32.9. The third-order valence-electron chi connectivity index (χ3n) is 16.1. The van der Waals surface area contributed by atoms with Crippen LogP contribution in [0.3, 0.4) is 0 Å². The van der Waals surface area contributed by atoms with Crippen LogP contribution >= 0.6 is 12.6 Å². The Morgan fingerprint density at radius 2 is 0.840 bits per heavy atom. The number of carbonyl (C=O) groups is 12. The first-order valence-electron chi connectivity index (χ1n) is 32.3. The van der Waals surface area contributed by atoms with E-state index in [1.54, 1.807) is 74.9 Å². The number of aliphatic hydroxyl groups is 2. The highest BCUT2D eigenvalue weighted by molar-refractivity contribution is 7.80. The summed E-state index contributed by atoms with van der Waals surface area (Å²) in [5.41, 5.74) is 26.1. The Labute approximate surface area is 579 Å². The van der Waals surface area contributed by atoms with E-state index in [0.717, 1.165) is 10.9 Å². The van der Waals surface area contributed by atoms with E-state index in [2.05, 4.69) is 91.1 Å². The summed E-state index contributed by atoms with van der Waals surface area (Å²) < 4.78 is 0. The number of thiol groups is 1. The molecule has 6 rings (SSSR count). The van der Waals surface area contributed by atoms with Crippen molar-refractivity contribution in [2.24, 2.45) is 33.8 Å².